The van der Waals surface area contributed by atoms with Gasteiger partial charge in [-0.15, -0.1) is 0 Å². The number of aliphatic hydroxyl groups excluding tert-OH is 1. The molecule has 1 atom stereocenters. The van der Waals surface area contributed by atoms with Gasteiger partial charge in [0.15, 0.2) is 0 Å². The lowest BCUT2D eigenvalue weighted by Crippen LogP contribution is -2.43. The quantitative estimate of drug-likeness (QED) is 0.783. The number of benzene rings is 1. The second-order valence-electron chi connectivity index (χ2n) is 8.23. The molecule has 3 rings (SSSR count). The minimum absolute atomic E-state index is 0.172. The molecule has 2 aromatic rings. The number of hydrogen-bond donors (Lipinski definition) is 1. The number of furan rings is 1. The molecule has 0 spiro atoms. The molecule has 0 saturated heterocycles. The summed E-state index contributed by atoms with van der Waals surface area (Å²) < 4.78 is 12.5. The van der Waals surface area contributed by atoms with Crippen LogP contribution in [0.4, 0.5) is 0 Å². The Morgan fingerprint density at radius 3 is 2.70 bits per heavy atom. The number of fused-ring (bicyclic) bond motifs is 3. The maximum Gasteiger partial charge on any atom is 0.250 e. The van der Waals surface area contributed by atoms with E-state index in [0.717, 1.165) is 41.7 Å². The molecule has 4 heteroatoms. The SMILES string of the molecule is CC(C)(C)[Si](C)(C)Oc1ccc2oc3c(c2c1)[C@H](CO)CCC3. The van der Waals surface area contributed by atoms with Crippen molar-refractivity contribution in [3.05, 3.63) is 29.5 Å². The molecule has 0 aliphatic heterocycles. The van der Waals surface area contributed by atoms with E-state index in [2.05, 4.69) is 39.9 Å². The molecule has 0 fully saturated rings. The summed E-state index contributed by atoms with van der Waals surface area (Å²) in [6.45, 7) is 11.5. The maximum atomic E-state index is 9.71. The van der Waals surface area contributed by atoms with Gasteiger partial charge in [0.2, 0.25) is 8.32 Å². The van der Waals surface area contributed by atoms with Crippen LogP contribution in [0, 0.1) is 0 Å². The molecule has 1 aromatic carbocycles. The average Bonchev–Trinajstić information content (AvgIpc) is 2.83. The van der Waals surface area contributed by atoms with Gasteiger partial charge in [-0.05, 0) is 49.2 Å². The van der Waals surface area contributed by atoms with Crippen molar-refractivity contribution in [1.29, 1.82) is 0 Å². The van der Waals surface area contributed by atoms with Gasteiger partial charge in [-0.25, -0.2) is 0 Å². The van der Waals surface area contributed by atoms with E-state index in [1.54, 1.807) is 0 Å². The van der Waals surface area contributed by atoms with Crippen LogP contribution in [0.3, 0.4) is 0 Å². The molecular weight excluding hydrogens is 304 g/mol. The highest BCUT2D eigenvalue weighted by Gasteiger charge is 2.39. The standard InChI is InChI=1S/C19H28O3Si/c1-19(2,3)23(4,5)22-14-9-10-16-15(11-14)18-13(12-20)7-6-8-17(18)21-16/h9-11,13,20H,6-8,12H2,1-5H3/t13-/m0/s1. The molecule has 23 heavy (non-hydrogen) atoms. The minimum Gasteiger partial charge on any atom is -0.543 e. The van der Waals surface area contributed by atoms with Gasteiger partial charge in [0.1, 0.15) is 17.1 Å². The molecule has 1 N–H and O–H groups in total. The molecule has 1 aromatic heterocycles. The Hall–Kier alpha value is -1.26. The van der Waals surface area contributed by atoms with E-state index in [4.69, 9.17) is 8.84 Å². The van der Waals surface area contributed by atoms with Crippen molar-refractivity contribution >= 4 is 19.3 Å². The number of aliphatic hydroxyl groups is 1. The third-order valence-corrected chi connectivity index (χ3v) is 9.90. The summed E-state index contributed by atoms with van der Waals surface area (Å²) in [6, 6.07) is 6.16. The van der Waals surface area contributed by atoms with Crippen LogP contribution in [-0.4, -0.2) is 20.0 Å². The van der Waals surface area contributed by atoms with Gasteiger partial charge in [-0.1, -0.05) is 20.8 Å². The van der Waals surface area contributed by atoms with Crippen molar-refractivity contribution in [2.75, 3.05) is 6.61 Å². The Balaban J connectivity index is 2.02. The van der Waals surface area contributed by atoms with E-state index >= 15 is 0 Å². The lowest BCUT2D eigenvalue weighted by atomic mass is 9.86. The Morgan fingerprint density at radius 1 is 1.30 bits per heavy atom. The highest BCUT2D eigenvalue weighted by atomic mass is 28.4. The molecule has 0 radical (unpaired) electrons. The zero-order chi connectivity index (χ0) is 16.8. The zero-order valence-electron chi connectivity index (χ0n) is 14.9. The van der Waals surface area contributed by atoms with E-state index in [9.17, 15) is 5.11 Å². The van der Waals surface area contributed by atoms with Crippen LogP contribution in [0.15, 0.2) is 22.6 Å². The molecular formula is C19H28O3Si. The predicted molar refractivity (Wildman–Crippen MR) is 96.8 cm³/mol. The molecule has 1 heterocycles. The lowest BCUT2D eigenvalue weighted by molar-refractivity contribution is 0.250. The van der Waals surface area contributed by atoms with Crippen molar-refractivity contribution in [1.82, 2.24) is 0 Å². The number of hydrogen-bond acceptors (Lipinski definition) is 3. The summed E-state index contributed by atoms with van der Waals surface area (Å²) in [7, 11) is -1.85. The van der Waals surface area contributed by atoms with Gasteiger partial charge in [0, 0.05) is 23.3 Å². The largest absolute Gasteiger partial charge is 0.543 e. The molecule has 1 aliphatic rings. The van der Waals surface area contributed by atoms with Crippen LogP contribution in [0.1, 0.15) is 50.9 Å². The topological polar surface area (TPSA) is 42.6 Å². The van der Waals surface area contributed by atoms with Gasteiger partial charge in [0.05, 0.1) is 6.61 Å². The lowest BCUT2D eigenvalue weighted by Gasteiger charge is -2.36. The van der Waals surface area contributed by atoms with Crippen molar-refractivity contribution in [3.63, 3.8) is 0 Å². The van der Waals surface area contributed by atoms with Gasteiger partial charge in [0.25, 0.3) is 0 Å². The summed E-state index contributed by atoms with van der Waals surface area (Å²) in [5, 5.41) is 11.0. The third-order valence-electron chi connectivity index (χ3n) is 5.54. The molecule has 126 valence electrons. The molecule has 0 amide bonds. The fourth-order valence-electron chi connectivity index (χ4n) is 3.13. The smallest absolute Gasteiger partial charge is 0.250 e. The van der Waals surface area contributed by atoms with Crippen LogP contribution in [0.2, 0.25) is 18.1 Å². The summed E-state index contributed by atoms with van der Waals surface area (Å²) >= 11 is 0. The number of aryl methyl sites for hydroxylation is 1. The van der Waals surface area contributed by atoms with E-state index < -0.39 is 8.32 Å². The van der Waals surface area contributed by atoms with E-state index in [-0.39, 0.29) is 17.6 Å². The van der Waals surface area contributed by atoms with E-state index in [1.165, 1.54) is 5.56 Å². The molecule has 0 saturated carbocycles. The van der Waals surface area contributed by atoms with Crippen molar-refractivity contribution in [2.45, 2.75) is 64.1 Å². The highest BCUT2D eigenvalue weighted by Crippen LogP contribution is 2.42. The van der Waals surface area contributed by atoms with E-state index in [1.807, 2.05) is 12.1 Å². The van der Waals surface area contributed by atoms with E-state index in [0.29, 0.717) is 0 Å². The van der Waals surface area contributed by atoms with Crippen LogP contribution >= 0.6 is 0 Å². The molecule has 3 nitrogen and oxygen atoms in total. The zero-order valence-corrected chi connectivity index (χ0v) is 15.9. The van der Waals surface area contributed by atoms with Crippen LogP contribution in [0.25, 0.3) is 11.0 Å². The second-order valence-corrected chi connectivity index (χ2v) is 13.0. The summed E-state index contributed by atoms with van der Waals surface area (Å²) in [4.78, 5) is 0. The summed E-state index contributed by atoms with van der Waals surface area (Å²) in [6.07, 6.45) is 3.09. The predicted octanol–water partition coefficient (Wildman–Crippen LogP) is 5.23. The molecule has 1 aliphatic carbocycles. The van der Waals surface area contributed by atoms with Gasteiger partial charge in [-0.2, -0.15) is 0 Å². The van der Waals surface area contributed by atoms with Gasteiger partial charge < -0.3 is 13.9 Å². The fraction of sp³-hybridized carbons (Fsp3) is 0.579. The Labute approximate surface area is 139 Å². The highest BCUT2D eigenvalue weighted by molar-refractivity contribution is 6.74. The Bertz CT molecular complexity index is 709. The van der Waals surface area contributed by atoms with Crippen LogP contribution in [0.5, 0.6) is 5.75 Å². The first-order valence-corrected chi connectivity index (χ1v) is 11.5. The second kappa shape index (κ2) is 5.67. The minimum atomic E-state index is -1.85. The maximum absolute atomic E-state index is 9.71. The first kappa shape index (κ1) is 16.6. The first-order chi connectivity index (χ1) is 10.7. The van der Waals surface area contributed by atoms with Crippen LogP contribution < -0.4 is 4.43 Å². The number of rotatable bonds is 3. The summed E-state index contributed by atoms with van der Waals surface area (Å²) in [5.74, 6) is 2.17. The van der Waals surface area contributed by atoms with Crippen molar-refractivity contribution < 1.29 is 13.9 Å². The van der Waals surface area contributed by atoms with Crippen molar-refractivity contribution in [2.24, 2.45) is 0 Å². The monoisotopic (exact) mass is 332 g/mol. The normalized spacial score (nSPS) is 19.0. The molecule has 0 unspecified atom stereocenters. The first-order valence-electron chi connectivity index (χ1n) is 8.58. The van der Waals surface area contributed by atoms with Crippen LogP contribution in [-0.2, 0) is 6.42 Å². The van der Waals surface area contributed by atoms with Gasteiger partial charge >= 0.3 is 0 Å². The Kier molecular flexibility index (Phi) is 4.09. The third kappa shape index (κ3) is 2.94. The van der Waals surface area contributed by atoms with Gasteiger partial charge in [-0.3, -0.25) is 0 Å². The van der Waals surface area contributed by atoms with Crippen molar-refractivity contribution in [3.8, 4) is 5.75 Å². The molecule has 0 bridgehead atoms. The fourth-order valence-corrected chi connectivity index (χ4v) is 4.15. The summed E-state index contributed by atoms with van der Waals surface area (Å²) in [5.41, 5.74) is 2.12. The average molecular weight is 333 g/mol. The Morgan fingerprint density at radius 2 is 2.04 bits per heavy atom.